The molecule has 170 valence electrons. The van der Waals surface area contributed by atoms with E-state index in [1.807, 2.05) is 18.2 Å². The van der Waals surface area contributed by atoms with E-state index in [-0.39, 0.29) is 18.2 Å². The standard InChI is InChI=1S/C26H30FNO4/c27-24-7-2-1-6-21(24)11-13-32-18-20-5-3-4-19(14-20)10-12-28-16-26(31)22-8-9-25(30)23(15-22)17-29/h1-9,14-15,26,28-31H,10-13,16-18H2/t26-/m0/s1. The topological polar surface area (TPSA) is 82.0 Å². The second-order valence-electron chi connectivity index (χ2n) is 7.73. The fourth-order valence-corrected chi connectivity index (χ4v) is 3.48. The molecule has 0 radical (unpaired) electrons. The Morgan fingerprint density at radius 3 is 2.53 bits per heavy atom. The Hall–Kier alpha value is -2.77. The number of nitrogens with one attached hydrogen (secondary N) is 1. The molecule has 0 amide bonds. The summed E-state index contributed by atoms with van der Waals surface area (Å²) >= 11 is 0. The smallest absolute Gasteiger partial charge is 0.126 e. The summed E-state index contributed by atoms with van der Waals surface area (Å²) in [5.41, 5.74) is 3.93. The van der Waals surface area contributed by atoms with Crippen molar-refractivity contribution in [1.82, 2.24) is 5.32 Å². The van der Waals surface area contributed by atoms with E-state index in [1.54, 1.807) is 24.3 Å². The summed E-state index contributed by atoms with van der Waals surface area (Å²) in [6, 6.07) is 19.6. The fourth-order valence-electron chi connectivity index (χ4n) is 3.48. The lowest BCUT2D eigenvalue weighted by atomic mass is 10.0. The Morgan fingerprint density at radius 2 is 1.72 bits per heavy atom. The Labute approximate surface area is 188 Å². The van der Waals surface area contributed by atoms with Crippen molar-refractivity contribution < 1.29 is 24.4 Å². The molecule has 0 saturated carbocycles. The molecule has 3 aromatic carbocycles. The maximum atomic E-state index is 13.6. The van der Waals surface area contributed by atoms with Crippen molar-refractivity contribution in [3.05, 3.63) is 100 Å². The Bertz CT molecular complexity index is 995. The number of benzene rings is 3. The number of aliphatic hydroxyl groups is 2. The van der Waals surface area contributed by atoms with Crippen LogP contribution in [-0.4, -0.2) is 35.0 Å². The molecular formula is C26H30FNO4. The average molecular weight is 440 g/mol. The maximum Gasteiger partial charge on any atom is 0.126 e. The minimum absolute atomic E-state index is 0.0208. The molecule has 5 nitrogen and oxygen atoms in total. The molecule has 0 aliphatic carbocycles. The molecule has 3 rings (SSSR count). The average Bonchev–Trinajstić information content (AvgIpc) is 2.81. The number of phenols is 1. The van der Waals surface area contributed by atoms with E-state index in [0.717, 1.165) is 17.5 Å². The maximum absolute atomic E-state index is 13.6. The highest BCUT2D eigenvalue weighted by atomic mass is 19.1. The summed E-state index contributed by atoms with van der Waals surface area (Å²) in [5, 5.41) is 32.4. The van der Waals surface area contributed by atoms with Crippen LogP contribution in [0.3, 0.4) is 0 Å². The molecule has 0 bridgehead atoms. The van der Waals surface area contributed by atoms with Crippen LogP contribution in [0, 0.1) is 5.82 Å². The molecule has 6 heteroatoms. The molecule has 0 spiro atoms. The number of rotatable bonds is 12. The molecule has 0 aliphatic rings. The van der Waals surface area contributed by atoms with Crippen molar-refractivity contribution in [1.29, 1.82) is 0 Å². The first-order valence-corrected chi connectivity index (χ1v) is 10.8. The van der Waals surface area contributed by atoms with Gasteiger partial charge >= 0.3 is 0 Å². The van der Waals surface area contributed by atoms with Gasteiger partial charge in [0.1, 0.15) is 11.6 Å². The predicted molar refractivity (Wildman–Crippen MR) is 122 cm³/mol. The summed E-state index contributed by atoms with van der Waals surface area (Å²) in [6.07, 6.45) is 0.613. The van der Waals surface area contributed by atoms with Gasteiger partial charge in [0.25, 0.3) is 0 Å². The van der Waals surface area contributed by atoms with Crippen LogP contribution >= 0.6 is 0 Å². The number of aliphatic hydroxyl groups excluding tert-OH is 2. The largest absolute Gasteiger partial charge is 0.508 e. The van der Waals surface area contributed by atoms with E-state index in [1.165, 1.54) is 12.1 Å². The van der Waals surface area contributed by atoms with Gasteiger partial charge in [0, 0.05) is 12.1 Å². The van der Waals surface area contributed by atoms with E-state index in [2.05, 4.69) is 17.4 Å². The SMILES string of the molecule is OCc1cc([C@@H](O)CNCCc2cccc(COCCc3ccccc3F)c2)ccc1O. The van der Waals surface area contributed by atoms with Gasteiger partial charge in [-0.1, -0.05) is 48.5 Å². The van der Waals surface area contributed by atoms with Gasteiger partial charge in [-0.25, -0.2) is 4.39 Å². The van der Waals surface area contributed by atoms with Crippen LogP contribution in [0.25, 0.3) is 0 Å². The first kappa shape index (κ1) is 23.9. The second kappa shape index (κ2) is 12.3. The molecule has 0 fully saturated rings. The Kier molecular flexibility index (Phi) is 9.19. The van der Waals surface area contributed by atoms with Gasteiger partial charge in [-0.3, -0.25) is 0 Å². The molecule has 4 N–H and O–H groups in total. The van der Waals surface area contributed by atoms with Crippen molar-refractivity contribution in [2.45, 2.75) is 32.2 Å². The number of hydrogen-bond acceptors (Lipinski definition) is 5. The van der Waals surface area contributed by atoms with Crippen molar-refractivity contribution in [2.24, 2.45) is 0 Å². The van der Waals surface area contributed by atoms with E-state index in [0.29, 0.717) is 49.4 Å². The normalized spacial score (nSPS) is 12.1. The van der Waals surface area contributed by atoms with Crippen LogP contribution in [0.2, 0.25) is 0 Å². The zero-order valence-electron chi connectivity index (χ0n) is 18.0. The van der Waals surface area contributed by atoms with Crippen LogP contribution in [0.1, 0.15) is 33.9 Å². The van der Waals surface area contributed by atoms with E-state index >= 15 is 0 Å². The summed E-state index contributed by atoms with van der Waals surface area (Å²) in [5.74, 6) is -0.178. The molecule has 1 atom stereocenters. The molecular weight excluding hydrogens is 409 g/mol. The lowest BCUT2D eigenvalue weighted by Crippen LogP contribution is -2.23. The highest BCUT2D eigenvalue weighted by Gasteiger charge is 2.10. The van der Waals surface area contributed by atoms with Gasteiger partial charge in [-0.2, -0.15) is 0 Å². The second-order valence-corrected chi connectivity index (χ2v) is 7.73. The molecule has 32 heavy (non-hydrogen) atoms. The lowest BCUT2D eigenvalue weighted by molar-refractivity contribution is 0.123. The number of hydrogen-bond donors (Lipinski definition) is 4. The van der Waals surface area contributed by atoms with Gasteiger partial charge in [0.05, 0.1) is 25.9 Å². The summed E-state index contributed by atoms with van der Waals surface area (Å²) in [7, 11) is 0. The van der Waals surface area contributed by atoms with Crippen molar-refractivity contribution in [3.8, 4) is 5.75 Å². The molecule has 0 aliphatic heterocycles. The highest BCUT2D eigenvalue weighted by molar-refractivity contribution is 5.36. The first-order valence-electron chi connectivity index (χ1n) is 10.8. The highest BCUT2D eigenvalue weighted by Crippen LogP contribution is 2.22. The van der Waals surface area contributed by atoms with Crippen LogP contribution in [0.4, 0.5) is 4.39 Å². The Balaban J connectivity index is 1.38. The van der Waals surface area contributed by atoms with E-state index in [4.69, 9.17) is 4.74 Å². The zero-order chi connectivity index (χ0) is 22.8. The van der Waals surface area contributed by atoms with Crippen LogP contribution in [-0.2, 0) is 30.8 Å². The molecule has 0 aromatic heterocycles. The van der Waals surface area contributed by atoms with Crippen molar-refractivity contribution in [3.63, 3.8) is 0 Å². The third-order valence-electron chi connectivity index (χ3n) is 5.32. The third-order valence-corrected chi connectivity index (χ3v) is 5.32. The van der Waals surface area contributed by atoms with Crippen molar-refractivity contribution in [2.75, 3.05) is 19.7 Å². The quantitative estimate of drug-likeness (QED) is 0.324. The van der Waals surface area contributed by atoms with E-state index in [9.17, 15) is 19.7 Å². The summed E-state index contributed by atoms with van der Waals surface area (Å²) in [4.78, 5) is 0. The fraction of sp³-hybridized carbons (Fsp3) is 0.308. The van der Waals surface area contributed by atoms with E-state index < -0.39 is 6.10 Å². The molecule has 0 heterocycles. The monoisotopic (exact) mass is 439 g/mol. The minimum atomic E-state index is -0.727. The number of ether oxygens (including phenoxy) is 1. The van der Waals surface area contributed by atoms with Gasteiger partial charge < -0.3 is 25.4 Å². The predicted octanol–water partition coefficient (Wildman–Crippen LogP) is 3.65. The molecule has 3 aromatic rings. The molecule has 0 unspecified atom stereocenters. The number of halogens is 1. The third kappa shape index (κ3) is 7.14. The summed E-state index contributed by atoms with van der Waals surface area (Å²) in [6.45, 7) is 1.72. The van der Waals surface area contributed by atoms with Crippen LogP contribution < -0.4 is 5.32 Å². The Morgan fingerprint density at radius 1 is 0.906 bits per heavy atom. The summed E-state index contributed by atoms with van der Waals surface area (Å²) < 4.78 is 19.4. The van der Waals surface area contributed by atoms with Gasteiger partial charge in [-0.05, 0) is 59.8 Å². The van der Waals surface area contributed by atoms with Crippen molar-refractivity contribution >= 4 is 0 Å². The lowest BCUT2D eigenvalue weighted by Gasteiger charge is -2.14. The van der Waals surface area contributed by atoms with Gasteiger partial charge in [-0.15, -0.1) is 0 Å². The number of aromatic hydroxyl groups is 1. The van der Waals surface area contributed by atoms with Crippen LogP contribution in [0.5, 0.6) is 5.75 Å². The van der Waals surface area contributed by atoms with Gasteiger partial charge in [0.15, 0.2) is 0 Å². The minimum Gasteiger partial charge on any atom is -0.508 e. The van der Waals surface area contributed by atoms with Crippen LogP contribution in [0.15, 0.2) is 66.7 Å². The first-order chi connectivity index (χ1) is 15.6. The van der Waals surface area contributed by atoms with Gasteiger partial charge in [0.2, 0.25) is 0 Å². The zero-order valence-corrected chi connectivity index (χ0v) is 18.0. The molecule has 0 saturated heterocycles.